The highest BCUT2D eigenvalue weighted by molar-refractivity contribution is 7.26. The first-order valence-electron chi connectivity index (χ1n) is 16.6. The van der Waals surface area contributed by atoms with E-state index in [1.807, 2.05) is 18.3 Å². The van der Waals surface area contributed by atoms with E-state index in [1.54, 1.807) is 11.3 Å². The molecule has 0 saturated carbocycles. The van der Waals surface area contributed by atoms with Gasteiger partial charge in [-0.05, 0) is 70.1 Å². The largest absolute Gasteiger partial charge is 0.256 e. The number of hydrogen-bond donors (Lipinski definition) is 0. The normalized spacial score (nSPS) is 14.3. The Balaban J connectivity index is 1.20. The molecule has 0 bridgehead atoms. The van der Waals surface area contributed by atoms with Gasteiger partial charge in [-0.3, -0.25) is 4.98 Å². The van der Waals surface area contributed by atoms with E-state index < -0.39 is 0 Å². The quantitative estimate of drug-likeness (QED) is 0.181. The van der Waals surface area contributed by atoms with Crippen LogP contribution in [0.5, 0.6) is 0 Å². The Morgan fingerprint density at radius 2 is 1.24 bits per heavy atom. The van der Waals surface area contributed by atoms with Crippen molar-refractivity contribution in [2.24, 2.45) is 0 Å². The van der Waals surface area contributed by atoms with Gasteiger partial charge in [-0.15, -0.1) is 11.3 Å². The number of benzene rings is 5. The zero-order valence-corrected chi connectivity index (χ0v) is 27.5. The summed E-state index contributed by atoms with van der Waals surface area (Å²) in [4.78, 5) is 15.2. The van der Waals surface area contributed by atoms with Crippen LogP contribution in [0.4, 0.5) is 0 Å². The van der Waals surface area contributed by atoms with Crippen molar-refractivity contribution in [3.05, 3.63) is 181 Å². The number of rotatable bonds is 6. The minimum atomic E-state index is 0.217. The first-order valence-corrected chi connectivity index (χ1v) is 17.4. The minimum Gasteiger partial charge on any atom is -0.256 e. The van der Waals surface area contributed by atoms with Gasteiger partial charge in [-0.1, -0.05) is 133 Å². The van der Waals surface area contributed by atoms with Crippen LogP contribution in [0, 0.1) is 0 Å². The molecule has 0 fully saturated rings. The van der Waals surface area contributed by atoms with Crippen molar-refractivity contribution >= 4 is 37.2 Å². The van der Waals surface area contributed by atoms with E-state index in [-0.39, 0.29) is 5.92 Å². The Morgan fingerprint density at radius 1 is 0.571 bits per heavy atom. The maximum absolute atomic E-state index is 5.32. The van der Waals surface area contributed by atoms with E-state index >= 15 is 0 Å². The van der Waals surface area contributed by atoms with Crippen molar-refractivity contribution in [2.45, 2.75) is 12.3 Å². The predicted octanol–water partition coefficient (Wildman–Crippen LogP) is 12.0. The molecule has 49 heavy (non-hydrogen) atoms. The standard InChI is InChI=1S/C45H31N3S/c1-3-11-30(12-4-1)31-18-20-32(21-19-31)36-27-37(33-22-24-34(25-23-33)40-16-9-10-26-46-40)29-38(28-36)45-47-42(35-13-5-2-6-14-35)44-43(48-45)39-15-7-8-17-41(39)49-44/h1-22,24-29,33H,23H2. The van der Waals surface area contributed by atoms with Crippen LogP contribution in [0.25, 0.3) is 70.8 Å². The topological polar surface area (TPSA) is 38.7 Å². The molecule has 1 aliphatic rings. The second kappa shape index (κ2) is 12.6. The predicted molar refractivity (Wildman–Crippen MR) is 205 cm³/mol. The third-order valence-corrected chi connectivity index (χ3v) is 10.5. The zero-order valence-electron chi connectivity index (χ0n) is 26.7. The number of fused-ring (bicyclic) bond motifs is 3. The summed E-state index contributed by atoms with van der Waals surface area (Å²) in [5.74, 6) is 0.956. The Kier molecular flexibility index (Phi) is 7.49. The highest BCUT2D eigenvalue weighted by Gasteiger charge is 2.20. The number of thiophene rings is 1. The molecular formula is C45H31N3S. The Labute approximate surface area is 289 Å². The van der Waals surface area contributed by atoms with Gasteiger partial charge in [0.25, 0.3) is 0 Å². The molecule has 5 aromatic carbocycles. The van der Waals surface area contributed by atoms with E-state index in [0.29, 0.717) is 0 Å². The van der Waals surface area contributed by atoms with E-state index in [0.717, 1.165) is 61.7 Å². The Hall–Kier alpha value is -5.97. The number of hydrogen-bond acceptors (Lipinski definition) is 4. The average molecular weight is 646 g/mol. The van der Waals surface area contributed by atoms with Crippen LogP contribution in [-0.2, 0) is 0 Å². The molecule has 8 aromatic rings. The number of pyridine rings is 1. The molecule has 0 saturated heterocycles. The molecule has 0 amide bonds. The lowest BCUT2D eigenvalue weighted by Crippen LogP contribution is -2.01. The molecule has 1 aliphatic carbocycles. The molecule has 1 unspecified atom stereocenters. The molecule has 1 atom stereocenters. The molecule has 3 nitrogen and oxygen atoms in total. The summed E-state index contributed by atoms with van der Waals surface area (Å²) in [6, 6.07) is 51.4. The summed E-state index contributed by atoms with van der Waals surface area (Å²) in [5.41, 5.74) is 12.2. The first-order chi connectivity index (χ1) is 24.3. The van der Waals surface area contributed by atoms with E-state index in [9.17, 15) is 0 Å². The summed E-state index contributed by atoms with van der Waals surface area (Å²) < 4.78 is 2.34. The first kappa shape index (κ1) is 29.2. The van der Waals surface area contributed by atoms with E-state index in [1.165, 1.54) is 26.8 Å². The molecule has 3 heterocycles. The highest BCUT2D eigenvalue weighted by Crippen LogP contribution is 2.41. The third kappa shape index (κ3) is 5.67. The van der Waals surface area contributed by atoms with E-state index in [4.69, 9.17) is 9.97 Å². The van der Waals surface area contributed by atoms with Crippen LogP contribution in [0.1, 0.15) is 23.6 Å². The number of aromatic nitrogens is 3. The maximum atomic E-state index is 5.32. The molecule has 0 spiro atoms. The summed E-state index contributed by atoms with van der Waals surface area (Å²) in [7, 11) is 0. The van der Waals surface area contributed by atoms with Crippen molar-refractivity contribution in [3.63, 3.8) is 0 Å². The molecule has 9 rings (SSSR count). The lowest BCUT2D eigenvalue weighted by atomic mass is 9.86. The van der Waals surface area contributed by atoms with Crippen LogP contribution in [-0.4, -0.2) is 15.0 Å². The van der Waals surface area contributed by atoms with Crippen LogP contribution < -0.4 is 0 Å². The van der Waals surface area contributed by atoms with Gasteiger partial charge in [0, 0.05) is 33.3 Å². The van der Waals surface area contributed by atoms with Gasteiger partial charge in [0.2, 0.25) is 0 Å². The van der Waals surface area contributed by atoms with Crippen molar-refractivity contribution in [1.29, 1.82) is 0 Å². The van der Waals surface area contributed by atoms with Crippen molar-refractivity contribution in [1.82, 2.24) is 15.0 Å². The molecule has 232 valence electrons. The van der Waals surface area contributed by atoms with Gasteiger partial charge in [-0.2, -0.15) is 0 Å². The molecule has 4 heteroatoms. The SMILES string of the molecule is C1=CC(c2cc(-c3ccc(-c4ccccc4)cc3)cc(-c3nc(-c4ccccc4)c4sc5ccccc5c4n3)c2)CC=C1c1ccccn1. The maximum Gasteiger partial charge on any atom is 0.160 e. The van der Waals surface area contributed by atoms with Gasteiger partial charge < -0.3 is 0 Å². The van der Waals surface area contributed by atoms with Crippen LogP contribution >= 0.6 is 11.3 Å². The summed E-state index contributed by atoms with van der Waals surface area (Å²) in [6.45, 7) is 0. The smallest absolute Gasteiger partial charge is 0.160 e. The molecule has 3 aromatic heterocycles. The monoisotopic (exact) mass is 645 g/mol. The lowest BCUT2D eigenvalue weighted by Gasteiger charge is -2.19. The zero-order chi connectivity index (χ0) is 32.6. The third-order valence-electron chi connectivity index (χ3n) is 9.29. The molecule has 0 radical (unpaired) electrons. The van der Waals surface area contributed by atoms with Crippen molar-refractivity contribution in [2.75, 3.05) is 0 Å². The number of nitrogens with zero attached hydrogens (tertiary/aromatic N) is 3. The van der Waals surface area contributed by atoms with Crippen molar-refractivity contribution < 1.29 is 0 Å². The second-order valence-electron chi connectivity index (χ2n) is 12.4. The average Bonchev–Trinajstić information content (AvgIpc) is 3.57. The highest BCUT2D eigenvalue weighted by atomic mass is 32.1. The van der Waals surface area contributed by atoms with Gasteiger partial charge in [0.1, 0.15) is 0 Å². The fourth-order valence-corrected chi connectivity index (χ4v) is 7.90. The van der Waals surface area contributed by atoms with Gasteiger partial charge in [0.05, 0.1) is 21.6 Å². The fraction of sp³-hybridized carbons (Fsp3) is 0.0444. The molecular weight excluding hydrogens is 615 g/mol. The molecule has 0 aliphatic heterocycles. The summed E-state index contributed by atoms with van der Waals surface area (Å²) in [5, 5.41) is 1.17. The van der Waals surface area contributed by atoms with Crippen molar-refractivity contribution in [3.8, 4) is 44.9 Å². The van der Waals surface area contributed by atoms with Crippen LogP contribution in [0.2, 0.25) is 0 Å². The summed E-state index contributed by atoms with van der Waals surface area (Å²) in [6.07, 6.45) is 9.58. The van der Waals surface area contributed by atoms with Gasteiger partial charge >= 0.3 is 0 Å². The van der Waals surface area contributed by atoms with Gasteiger partial charge in [-0.25, -0.2) is 9.97 Å². The fourth-order valence-electron chi connectivity index (χ4n) is 6.75. The van der Waals surface area contributed by atoms with E-state index in [2.05, 4.69) is 157 Å². The summed E-state index contributed by atoms with van der Waals surface area (Å²) >= 11 is 1.77. The van der Waals surface area contributed by atoms with Crippen LogP contribution in [0.15, 0.2) is 170 Å². The Morgan fingerprint density at radius 3 is 1.98 bits per heavy atom. The Bertz CT molecular complexity index is 2500. The second-order valence-corrected chi connectivity index (χ2v) is 13.5. The van der Waals surface area contributed by atoms with Gasteiger partial charge in [0.15, 0.2) is 5.82 Å². The molecule has 0 N–H and O–H groups in total. The number of allylic oxidation sites excluding steroid dienone is 4. The van der Waals surface area contributed by atoms with Crippen LogP contribution in [0.3, 0.4) is 0 Å². The minimum absolute atomic E-state index is 0.217. The lowest BCUT2D eigenvalue weighted by molar-refractivity contribution is 0.856.